The molecule has 2 amide bonds. The maximum atomic E-state index is 13.5. The van der Waals surface area contributed by atoms with E-state index in [4.69, 9.17) is 0 Å². The molecule has 2 N–H and O–H groups in total. The van der Waals surface area contributed by atoms with Crippen LogP contribution in [0, 0.1) is 5.82 Å². The summed E-state index contributed by atoms with van der Waals surface area (Å²) in [6, 6.07) is 1.16. The van der Waals surface area contributed by atoms with Crippen molar-refractivity contribution in [2.24, 2.45) is 0 Å². The first kappa shape index (κ1) is 11.7. The van der Waals surface area contributed by atoms with Crippen molar-refractivity contribution in [3.05, 3.63) is 35.1 Å². The topological polar surface area (TPSA) is 41.1 Å². The van der Waals surface area contributed by atoms with Gasteiger partial charge < -0.3 is 10.6 Å². The SMILES string of the molecule is O=C1NC[C@H](c2ccc(C(F)(F)F)cc2F)N1. The van der Waals surface area contributed by atoms with Crippen LogP contribution in [0.3, 0.4) is 0 Å². The second-order valence-electron chi connectivity index (χ2n) is 3.64. The predicted molar refractivity (Wildman–Crippen MR) is 50.7 cm³/mol. The molecule has 1 heterocycles. The summed E-state index contributed by atoms with van der Waals surface area (Å²) < 4.78 is 50.4. The van der Waals surface area contributed by atoms with Crippen LogP contribution >= 0.6 is 0 Å². The summed E-state index contributed by atoms with van der Waals surface area (Å²) in [5.41, 5.74) is -1.01. The number of hydrogen-bond donors (Lipinski definition) is 2. The number of hydrogen-bond acceptors (Lipinski definition) is 1. The lowest BCUT2D eigenvalue weighted by molar-refractivity contribution is -0.137. The number of alkyl halides is 3. The van der Waals surface area contributed by atoms with Crippen LogP contribution in [0.1, 0.15) is 17.2 Å². The number of amides is 2. The van der Waals surface area contributed by atoms with E-state index in [1.807, 2.05) is 0 Å². The van der Waals surface area contributed by atoms with E-state index in [9.17, 15) is 22.4 Å². The highest BCUT2D eigenvalue weighted by molar-refractivity contribution is 5.76. The maximum absolute atomic E-state index is 13.5. The predicted octanol–water partition coefficient (Wildman–Crippen LogP) is 2.20. The van der Waals surface area contributed by atoms with E-state index < -0.39 is 29.6 Å². The van der Waals surface area contributed by atoms with Crippen molar-refractivity contribution in [3.63, 3.8) is 0 Å². The van der Waals surface area contributed by atoms with Gasteiger partial charge in [0.25, 0.3) is 0 Å². The Morgan fingerprint density at radius 3 is 2.47 bits per heavy atom. The second-order valence-corrected chi connectivity index (χ2v) is 3.64. The number of benzene rings is 1. The molecular formula is C10H8F4N2O. The van der Waals surface area contributed by atoms with Gasteiger partial charge in [-0.1, -0.05) is 6.07 Å². The molecule has 0 radical (unpaired) electrons. The standard InChI is InChI=1S/C10H8F4N2O/c11-7-3-5(10(12,13)14)1-2-6(7)8-4-15-9(17)16-8/h1-3,8H,4H2,(H2,15,16,17)/t8-/m1/s1. The van der Waals surface area contributed by atoms with Gasteiger partial charge in [0.05, 0.1) is 11.6 Å². The van der Waals surface area contributed by atoms with Gasteiger partial charge in [-0.15, -0.1) is 0 Å². The van der Waals surface area contributed by atoms with Crippen LogP contribution in [0.2, 0.25) is 0 Å². The van der Waals surface area contributed by atoms with Crippen molar-refractivity contribution < 1.29 is 22.4 Å². The molecule has 2 rings (SSSR count). The van der Waals surface area contributed by atoms with Crippen LogP contribution in [0.4, 0.5) is 22.4 Å². The highest BCUT2D eigenvalue weighted by Gasteiger charge is 2.32. The van der Waals surface area contributed by atoms with E-state index in [0.717, 1.165) is 12.1 Å². The lowest BCUT2D eigenvalue weighted by Crippen LogP contribution is -2.22. The molecule has 1 fully saturated rings. The molecule has 1 aliphatic heterocycles. The highest BCUT2D eigenvalue weighted by atomic mass is 19.4. The zero-order valence-electron chi connectivity index (χ0n) is 8.44. The Morgan fingerprint density at radius 1 is 1.29 bits per heavy atom. The summed E-state index contributed by atoms with van der Waals surface area (Å²) in [5.74, 6) is -0.978. The van der Waals surface area contributed by atoms with Crippen molar-refractivity contribution >= 4 is 6.03 Å². The molecule has 1 aromatic carbocycles. The van der Waals surface area contributed by atoms with E-state index >= 15 is 0 Å². The summed E-state index contributed by atoms with van der Waals surface area (Å²) in [6.45, 7) is 0.154. The monoisotopic (exact) mass is 248 g/mol. The molecule has 1 atom stereocenters. The average molecular weight is 248 g/mol. The molecule has 0 bridgehead atoms. The largest absolute Gasteiger partial charge is 0.416 e. The molecule has 0 spiro atoms. The smallest absolute Gasteiger partial charge is 0.336 e. The van der Waals surface area contributed by atoms with Crippen LogP contribution in [0.25, 0.3) is 0 Å². The Morgan fingerprint density at radius 2 is 2.00 bits per heavy atom. The van der Waals surface area contributed by atoms with E-state index in [1.165, 1.54) is 0 Å². The minimum Gasteiger partial charge on any atom is -0.336 e. The van der Waals surface area contributed by atoms with Crippen LogP contribution in [-0.4, -0.2) is 12.6 Å². The summed E-state index contributed by atoms with van der Waals surface area (Å²) in [7, 11) is 0. The van der Waals surface area contributed by atoms with Gasteiger partial charge in [0, 0.05) is 12.1 Å². The first-order chi connectivity index (χ1) is 7.88. The Balaban J connectivity index is 2.29. The van der Waals surface area contributed by atoms with Crippen molar-refractivity contribution in [1.82, 2.24) is 10.6 Å². The molecule has 1 aliphatic rings. The molecule has 0 aromatic heterocycles. The fourth-order valence-electron chi connectivity index (χ4n) is 1.63. The first-order valence-corrected chi connectivity index (χ1v) is 4.79. The summed E-state index contributed by atoms with van der Waals surface area (Å²) in [6.07, 6.45) is -4.57. The number of carbonyl (C=O) groups excluding carboxylic acids is 1. The van der Waals surface area contributed by atoms with Crippen LogP contribution in [0.15, 0.2) is 18.2 Å². The number of rotatable bonds is 1. The molecule has 0 unspecified atom stereocenters. The minimum absolute atomic E-state index is 0.0383. The summed E-state index contributed by atoms with van der Waals surface area (Å²) >= 11 is 0. The Labute approximate surface area is 93.8 Å². The van der Waals surface area contributed by atoms with Crippen molar-refractivity contribution in [2.75, 3.05) is 6.54 Å². The number of halogens is 4. The lowest BCUT2D eigenvalue weighted by atomic mass is 10.0. The molecule has 17 heavy (non-hydrogen) atoms. The molecular weight excluding hydrogens is 240 g/mol. The van der Waals surface area contributed by atoms with Gasteiger partial charge in [-0.05, 0) is 12.1 Å². The second kappa shape index (κ2) is 3.90. The zero-order chi connectivity index (χ0) is 12.6. The third-order valence-electron chi connectivity index (χ3n) is 2.48. The van der Waals surface area contributed by atoms with Crippen LogP contribution in [0.5, 0.6) is 0 Å². The van der Waals surface area contributed by atoms with E-state index in [-0.39, 0.29) is 12.1 Å². The molecule has 92 valence electrons. The maximum Gasteiger partial charge on any atom is 0.416 e. The average Bonchev–Trinajstić information content (AvgIpc) is 2.63. The number of carbonyl (C=O) groups is 1. The van der Waals surface area contributed by atoms with Crippen LogP contribution in [-0.2, 0) is 6.18 Å². The Kier molecular flexibility index (Phi) is 2.68. The summed E-state index contributed by atoms with van der Waals surface area (Å²) in [5, 5.41) is 4.80. The first-order valence-electron chi connectivity index (χ1n) is 4.79. The normalized spacial score (nSPS) is 20.0. The van der Waals surface area contributed by atoms with Gasteiger partial charge in [-0.3, -0.25) is 0 Å². The van der Waals surface area contributed by atoms with E-state index in [0.29, 0.717) is 6.07 Å². The van der Waals surface area contributed by atoms with E-state index in [1.54, 1.807) is 0 Å². The van der Waals surface area contributed by atoms with Crippen LogP contribution < -0.4 is 10.6 Å². The highest BCUT2D eigenvalue weighted by Crippen LogP contribution is 2.31. The molecule has 3 nitrogen and oxygen atoms in total. The van der Waals surface area contributed by atoms with Gasteiger partial charge >= 0.3 is 12.2 Å². The zero-order valence-corrected chi connectivity index (χ0v) is 8.44. The molecule has 1 aromatic rings. The Hall–Kier alpha value is -1.79. The quantitative estimate of drug-likeness (QED) is 0.735. The van der Waals surface area contributed by atoms with Crippen molar-refractivity contribution in [2.45, 2.75) is 12.2 Å². The van der Waals surface area contributed by atoms with Crippen molar-refractivity contribution in [3.8, 4) is 0 Å². The van der Waals surface area contributed by atoms with Gasteiger partial charge in [0.2, 0.25) is 0 Å². The van der Waals surface area contributed by atoms with Crippen molar-refractivity contribution in [1.29, 1.82) is 0 Å². The molecule has 7 heteroatoms. The fourth-order valence-corrected chi connectivity index (χ4v) is 1.63. The fraction of sp³-hybridized carbons (Fsp3) is 0.300. The van der Waals surface area contributed by atoms with Gasteiger partial charge in [0.1, 0.15) is 5.82 Å². The Bertz CT molecular complexity index is 458. The molecule has 0 aliphatic carbocycles. The minimum atomic E-state index is -4.57. The lowest BCUT2D eigenvalue weighted by Gasteiger charge is -2.12. The van der Waals surface area contributed by atoms with E-state index in [2.05, 4.69) is 10.6 Å². The number of nitrogens with one attached hydrogen (secondary N) is 2. The summed E-state index contributed by atoms with van der Waals surface area (Å²) in [4.78, 5) is 10.8. The molecule has 1 saturated heterocycles. The molecule has 0 saturated carbocycles. The van der Waals surface area contributed by atoms with Gasteiger partial charge in [-0.2, -0.15) is 13.2 Å². The third-order valence-corrected chi connectivity index (χ3v) is 2.48. The number of urea groups is 1. The third kappa shape index (κ3) is 2.32. The van der Waals surface area contributed by atoms with Gasteiger partial charge in [-0.25, -0.2) is 9.18 Å². The van der Waals surface area contributed by atoms with Gasteiger partial charge in [0.15, 0.2) is 0 Å².